The Labute approximate surface area is 116 Å². The summed E-state index contributed by atoms with van der Waals surface area (Å²) in [6.07, 6.45) is 4.04. The van der Waals surface area contributed by atoms with Crippen molar-refractivity contribution in [2.24, 2.45) is 17.6 Å². The lowest BCUT2D eigenvalue weighted by atomic mass is 9.79. The molecule has 0 spiro atoms. The first-order chi connectivity index (χ1) is 9.02. The molecule has 1 aliphatic carbocycles. The van der Waals surface area contributed by atoms with Gasteiger partial charge in [0, 0.05) is 18.5 Å². The molecular weight excluding hydrogens is 240 g/mol. The van der Waals surface area contributed by atoms with Crippen LogP contribution in [0.25, 0.3) is 0 Å². The molecule has 0 radical (unpaired) electrons. The summed E-state index contributed by atoms with van der Waals surface area (Å²) in [7, 11) is 0. The summed E-state index contributed by atoms with van der Waals surface area (Å²) in [4.78, 5) is 14.8. The molecule has 19 heavy (non-hydrogen) atoms. The third kappa shape index (κ3) is 3.29. The zero-order chi connectivity index (χ0) is 14.0. The number of carbonyl (C=O) groups excluding carboxylic acids is 1. The van der Waals surface area contributed by atoms with E-state index in [1.54, 1.807) is 0 Å². The molecule has 0 bridgehead atoms. The van der Waals surface area contributed by atoms with Gasteiger partial charge in [-0.1, -0.05) is 13.8 Å². The average molecular weight is 268 g/mol. The maximum absolute atomic E-state index is 12.7. The van der Waals surface area contributed by atoms with Crippen molar-refractivity contribution < 1.29 is 9.53 Å². The molecule has 0 aromatic rings. The number of nitrogens with two attached hydrogens (primary N) is 1. The topological polar surface area (TPSA) is 55.6 Å². The van der Waals surface area contributed by atoms with Crippen molar-refractivity contribution in [3.05, 3.63) is 0 Å². The summed E-state index contributed by atoms with van der Waals surface area (Å²) in [5.41, 5.74) is 6.14. The van der Waals surface area contributed by atoms with Crippen LogP contribution in [-0.4, -0.2) is 42.1 Å². The molecule has 5 unspecified atom stereocenters. The SMILES string of the molecule is CCC1COC(C)CN1C(=O)C1CCC(C)C(N)C1. The van der Waals surface area contributed by atoms with Gasteiger partial charge >= 0.3 is 0 Å². The van der Waals surface area contributed by atoms with Gasteiger partial charge in [0.2, 0.25) is 5.91 Å². The fourth-order valence-electron chi connectivity index (χ4n) is 3.27. The number of amides is 1. The van der Waals surface area contributed by atoms with Gasteiger partial charge in [-0.15, -0.1) is 0 Å². The van der Waals surface area contributed by atoms with Crippen LogP contribution >= 0.6 is 0 Å². The predicted octanol–water partition coefficient (Wildman–Crippen LogP) is 1.78. The van der Waals surface area contributed by atoms with Crippen LogP contribution in [0.1, 0.15) is 46.5 Å². The highest BCUT2D eigenvalue weighted by molar-refractivity contribution is 5.79. The zero-order valence-electron chi connectivity index (χ0n) is 12.5. The van der Waals surface area contributed by atoms with E-state index in [1.165, 1.54) is 0 Å². The van der Waals surface area contributed by atoms with E-state index in [0.717, 1.165) is 32.2 Å². The van der Waals surface area contributed by atoms with E-state index < -0.39 is 0 Å². The molecule has 1 amide bonds. The number of hydrogen-bond donors (Lipinski definition) is 1. The maximum Gasteiger partial charge on any atom is 0.226 e. The number of hydrogen-bond acceptors (Lipinski definition) is 3. The Morgan fingerprint density at radius 1 is 1.37 bits per heavy atom. The first-order valence-corrected chi connectivity index (χ1v) is 7.70. The molecule has 0 aromatic heterocycles. The number of morpholine rings is 1. The summed E-state index contributed by atoms with van der Waals surface area (Å²) in [5, 5.41) is 0. The Kier molecular flexibility index (Phi) is 4.85. The maximum atomic E-state index is 12.7. The van der Waals surface area contributed by atoms with Crippen molar-refractivity contribution in [3.8, 4) is 0 Å². The minimum absolute atomic E-state index is 0.130. The molecule has 1 heterocycles. The molecule has 4 heteroatoms. The molecule has 2 N–H and O–H groups in total. The molecule has 2 aliphatic rings. The predicted molar refractivity (Wildman–Crippen MR) is 75.7 cm³/mol. The van der Waals surface area contributed by atoms with Gasteiger partial charge in [-0.05, 0) is 38.5 Å². The minimum Gasteiger partial charge on any atom is -0.375 e. The fraction of sp³-hybridized carbons (Fsp3) is 0.933. The Balaban J connectivity index is 2.01. The second-order valence-electron chi connectivity index (χ2n) is 6.35. The number of ether oxygens (including phenoxy) is 1. The van der Waals surface area contributed by atoms with E-state index in [2.05, 4.69) is 18.7 Å². The summed E-state index contributed by atoms with van der Waals surface area (Å²) in [6, 6.07) is 0.431. The van der Waals surface area contributed by atoms with Crippen LogP contribution in [0.15, 0.2) is 0 Å². The molecule has 0 aromatic carbocycles. The van der Waals surface area contributed by atoms with E-state index in [1.807, 2.05) is 6.92 Å². The molecule has 2 fully saturated rings. The molecular formula is C15H28N2O2. The molecule has 5 atom stereocenters. The highest BCUT2D eigenvalue weighted by atomic mass is 16.5. The summed E-state index contributed by atoms with van der Waals surface area (Å²) in [5.74, 6) is 0.990. The third-order valence-corrected chi connectivity index (χ3v) is 4.83. The van der Waals surface area contributed by atoms with Crippen LogP contribution in [0.2, 0.25) is 0 Å². The quantitative estimate of drug-likeness (QED) is 0.830. The van der Waals surface area contributed by atoms with Crippen molar-refractivity contribution in [3.63, 3.8) is 0 Å². The lowest BCUT2D eigenvalue weighted by Gasteiger charge is -2.41. The lowest BCUT2D eigenvalue weighted by molar-refractivity contribution is -0.150. The molecule has 1 saturated carbocycles. The van der Waals surface area contributed by atoms with Crippen LogP contribution < -0.4 is 5.73 Å². The van der Waals surface area contributed by atoms with E-state index >= 15 is 0 Å². The Bertz CT molecular complexity index is 321. The Morgan fingerprint density at radius 2 is 2.11 bits per heavy atom. The highest BCUT2D eigenvalue weighted by Crippen LogP contribution is 2.30. The van der Waals surface area contributed by atoms with Gasteiger partial charge in [0.15, 0.2) is 0 Å². The lowest BCUT2D eigenvalue weighted by Crippen LogP contribution is -2.54. The molecule has 2 rings (SSSR count). The molecule has 1 saturated heterocycles. The first-order valence-electron chi connectivity index (χ1n) is 7.70. The summed E-state index contributed by atoms with van der Waals surface area (Å²) < 4.78 is 5.67. The van der Waals surface area contributed by atoms with Gasteiger partial charge in [0.1, 0.15) is 0 Å². The minimum atomic E-state index is 0.130. The van der Waals surface area contributed by atoms with E-state index in [0.29, 0.717) is 18.4 Å². The first kappa shape index (κ1) is 14.8. The van der Waals surface area contributed by atoms with Crippen LogP contribution in [0.4, 0.5) is 0 Å². The molecule has 4 nitrogen and oxygen atoms in total. The summed E-state index contributed by atoms with van der Waals surface area (Å²) >= 11 is 0. The van der Waals surface area contributed by atoms with Crippen molar-refractivity contribution in [1.82, 2.24) is 4.90 Å². The average Bonchev–Trinajstić information content (AvgIpc) is 2.41. The van der Waals surface area contributed by atoms with Gasteiger partial charge in [0.25, 0.3) is 0 Å². The van der Waals surface area contributed by atoms with Crippen LogP contribution in [0.5, 0.6) is 0 Å². The van der Waals surface area contributed by atoms with Crippen LogP contribution in [0, 0.1) is 11.8 Å². The highest BCUT2D eigenvalue weighted by Gasteiger charge is 2.36. The van der Waals surface area contributed by atoms with Gasteiger partial charge < -0.3 is 15.4 Å². The Hall–Kier alpha value is -0.610. The van der Waals surface area contributed by atoms with Gasteiger partial charge in [-0.3, -0.25) is 4.79 Å². The smallest absolute Gasteiger partial charge is 0.226 e. The normalized spacial score (nSPS) is 40.2. The number of rotatable bonds is 2. The van der Waals surface area contributed by atoms with Gasteiger partial charge in [-0.25, -0.2) is 0 Å². The molecule has 110 valence electrons. The second-order valence-corrected chi connectivity index (χ2v) is 6.35. The van der Waals surface area contributed by atoms with Crippen molar-refractivity contribution >= 4 is 5.91 Å². The second kappa shape index (κ2) is 6.23. The van der Waals surface area contributed by atoms with Crippen LogP contribution in [0.3, 0.4) is 0 Å². The van der Waals surface area contributed by atoms with Gasteiger partial charge in [-0.2, -0.15) is 0 Å². The number of nitrogens with zero attached hydrogens (tertiary/aromatic N) is 1. The monoisotopic (exact) mass is 268 g/mol. The van der Waals surface area contributed by atoms with Crippen molar-refractivity contribution in [2.45, 2.75) is 64.6 Å². The van der Waals surface area contributed by atoms with Crippen LogP contribution in [-0.2, 0) is 9.53 Å². The summed E-state index contributed by atoms with van der Waals surface area (Å²) in [6.45, 7) is 7.77. The zero-order valence-corrected chi connectivity index (χ0v) is 12.5. The van der Waals surface area contributed by atoms with Crippen molar-refractivity contribution in [1.29, 1.82) is 0 Å². The fourth-order valence-corrected chi connectivity index (χ4v) is 3.27. The van der Waals surface area contributed by atoms with E-state index in [-0.39, 0.29) is 24.1 Å². The Morgan fingerprint density at radius 3 is 2.74 bits per heavy atom. The van der Waals surface area contributed by atoms with Crippen molar-refractivity contribution in [2.75, 3.05) is 13.2 Å². The van der Waals surface area contributed by atoms with E-state index in [9.17, 15) is 4.79 Å². The number of carbonyl (C=O) groups is 1. The van der Waals surface area contributed by atoms with E-state index in [4.69, 9.17) is 10.5 Å². The third-order valence-electron chi connectivity index (χ3n) is 4.83. The largest absolute Gasteiger partial charge is 0.375 e. The van der Waals surface area contributed by atoms with Gasteiger partial charge in [0.05, 0.1) is 18.8 Å². The standard InChI is InChI=1S/C15H28N2O2/c1-4-13-9-19-11(3)8-17(13)15(18)12-6-5-10(2)14(16)7-12/h10-14H,4-9,16H2,1-3H3. The molecule has 1 aliphatic heterocycles.